The maximum atomic E-state index is 6.49. The zero-order chi connectivity index (χ0) is 34.5. The lowest BCUT2D eigenvalue weighted by Crippen LogP contribution is -2.39. The average molecular weight is 673 g/mol. The number of benzene rings is 6. The van der Waals surface area contributed by atoms with E-state index in [0.717, 1.165) is 95.6 Å². The molecule has 0 spiro atoms. The van der Waals surface area contributed by atoms with Crippen LogP contribution in [0.5, 0.6) is 0 Å². The number of imidazole rings is 2. The van der Waals surface area contributed by atoms with Crippen LogP contribution in [0.25, 0.3) is 67.8 Å². The van der Waals surface area contributed by atoms with Crippen molar-refractivity contribution >= 4 is 73.7 Å². The standard InChI is InChI=1S/C45H32N6O/c1-28-48(39-17-6-7-18-40(39)49(28)37-15-4-2-13-35(37)46)32-22-24-44-34(27-32)33-26-30(21-23-43(33)52-44)29-11-10-12-31(25-29)50-41-19-8-9-20-42(41)51-38-16-5-3-14-36(38)47-45(50)51/h2-21,23-27,32H,1,22,46H2. The molecule has 248 valence electrons. The Bertz CT molecular complexity index is 3070. The van der Waals surface area contributed by atoms with E-state index in [2.05, 4.69) is 147 Å². The number of nitrogens with two attached hydrogens (primary N) is 1. The molecule has 9 aromatic rings. The van der Waals surface area contributed by atoms with Crippen molar-refractivity contribution in [2.45, 2.75) is 12.5 Å². The van der Waals surface area contributed by atoms with Gasteiger partial charge in [0.1, 0.15) is 16.8 Å². The highest BCUT2D eigenvalue weighted by atomic mass is 16.3. The van der Waals surface area contributed by atoms with Gasteiger partial charge in [-0.2, -0.15) is 0 Å². The van der Waals surface area contributed by atoms with Crippen molar-refractivity contribution in [3.63, 3.8) is 0 Å². The first-order valence-corrected chi connectivity index (χ1v) is 17.6. The van der Waals surface area contributed by atoms with Gasteiger partial charge in [-0.05, 0) is 102 Å². The van der Waals surface area contributed by atoms with Crippen LogP contribution in [0.2, 0.25) is 0 Å². The van der Waals surface area contributed by atoms with Gasteiger partial charge in [0, 0.05) is 16.3 Å². The lowest BCUT2D eigenvalue weighted by molar-refractivity contribution is 0.569. The summed E-state index contributed by atoms with van der Waals surface area (Å²) in [5.41, 5.74) is 19.7. The molecule has 7 heteroatoms. The molecule has 1 atom stereocenters. The molecule has 0 radical (unpaired) electrons. The Labute approximate surface area is 298 Å². The van der Waals surface area contributed by atoms with Crippen LogP contribution in [0.3, 0.4) is 0 Å². The van der Waals surface area contributed by atoms with Crippen LogP contribution < -0.4 is 26.2 Å². The summed E-state index contributed by atoms with van der Waals surface area (Å²) < 4.78 is 10.9. The summed E-state index contributed by atoms with van der Waals surface area (Å²) in [6.07, 6.45) is 5.34. The molecule has 1 aliphatic heterocycles. The molecule has 7 nitrogen and oxygen atoms in total. The van der Waals surface area contributed by atoms with Gasteiger partial charge in [0.15, 0.2) is 0 Å². The van der Waals surface area contributed by atoms with E-state index in [0.29, 0.717) is 5.69 Å². The molecular formula is C45H32N6O. The molecule has 0 bridgehead atoms. The average Bonchev–Trinajstić information content (AvgIpc) is 3.91. The molecule has 1 unspecified atom stereocenters. The van der Waals surface area contributed by atoms with E-state index >= 15 is 0 Å². The second kappa shape index (κ2) is 10.8. The van der Waals surface area contributed by atoms with Gasteiger partial charge in [0.05, 0.1) is 50.9 Å². The number of hydrogen-bond acceptors (Lipinski definition) is 5. The normalized spacial score (nSPS) is 15.4. The lowest BCUT2D eigenvalue weighted by atomic mass is 10.0. The SMILES string of the molecule is C=C1N(c2ccccc2N)c2ccccc2N1C1C=c2c(oc3ccc(-c4cccc(-n5c6ccccc6n6c7ccccc7nc56)c4)cc23)=CC1. The molecule has 0 saturated carbocycles. The van der Waals surface area contributed by atoms with Gasteiger partial charge in [0.2, 0.25) is 5.78 Å². The number of fused-ring (bicyclic) bond motifs is 9. The van der Waals surface area contributed by atoms with Gasteiger partial charge in [-0.25, -0.2) is 4.98 Å². The zero-order valence-corrected chi connectivity index (χ0v) is 28.1. The van der Waals surface area contributed by atoms with Crippen LogP contribution in [0, 0.1) is 0 Å². The van der Waals surface area contributed by atoms with Gasteiger partial charge in [-0.15, -0.1) is 0 Å². The minimum atomic E-state index is 0.0401. The summed E-state index contributed by atoms with van der Waals surface area (Å²) in [5, 5.41) is 2.20. The molecular weight excluding hydrogens is 641 g/mol. The van der Waals surface area contributed by atoms with Crippen LogP contribution >= 0.6 is 0 Å². The number of hydrogen-bond donors (Lipinski definition) is 1. The van der Waals surface area contributed by atoms with Crippen molar-refractivity contribution in [3.8, 4) is 16.8 Å². The maximum Gasteiger partial charge on any atom is 0.220 e. The van der Waals surface area contributed by atoms with Crippen molar-refractivity contribution in [2.75, 3.05) is 15.5 Å². The summed E-state index contributed by atoms with van der Waals surface area (Å²) in [7, 11) is 0. The van der Waals surface area contributed by atoms with Crippen LogP contribution in [0.1, 0.15) is 6.42 Å². The van der Waals surface area contributed by atoms with Crippen molar-refractivity contribution < 1.29 is 4.42 Å². The minimum absolute atomic E-state index is 0.0401. The highest BCUT2D eigenvalue weighted by Crippen LogP contribution is 2.48. The first-order chi connectivity index (χ1) is 25.6. The molecule has 0 fully saturated rings. The molecule has 1 aliphatic carbocycles. The minimum Gasteiger partial charge on any atom is -0.456 e. The second-order valence-electron chi connectivity index (χ2n) is 13.5. The van der Waals surface area contributed by atoms with E-state index in [4.69, 9.17) is 15.1 Å². The third-order valence-electron chi connectivity index (χ3n) is 10.6. The van der Waals surface area contributed by atoms with E-state index in [1.807, 2.05) is 30.3 Å². The first-order valence-electron chi connectivity index (χ1n) is 17.6. The van der Waals surface area contributed by atoms with Crippen molar-refractivity contribution in [2.24, 2.45) is 0 Å². The van der Waals surface area contributed by atoms with Crippen LogP contribution in [-0.2, 0) is 0 Å². The smallest absolute Gasteiger partial charge is 0.220 e. The second-order valence-corrected chi connectivity index (χ2v) is 13.5. The largest absolute Gasteiger partial charge is 0.456 e. The summed E-state index contributed by atoms with van der Waals surface area (Å²) in [4.78, 5) is 9.58. The molecule has 6 aromatic carbocycles. The number of anilines is 4. The molecule has 0 amide bonds. The van der Waals surface area contributed by atoms with Crippen LogP contribution in [-0.4, -0.2) is 20.0 Å². The molecule has 11 rings (SSSR count). The van der Waals surface area contributed by atoms with Crippen LogP contribution in [0.15, 0.2) is 156 Å². The topological polar surface area (TPSA) is 67.9 Å². The Balaban J connectivity index is 1.02. The molecule has 4 heterocycles. The Hall–Kier alpha value is -6.99. The summed E-state index contributed by atoms with van der Waals surface area (Å²) >= 11 is 0. The van der Waals surface area contributed by atoms with E-state index in [1.54, 1.807) is 0 Å². The van der Waals surface area contributed by atoms with Crippen LogP contribution in [0.4, 0.5) is 22.7 Å². The summed E-state index contributed by atoms with van der Waals surface area (Å²) in [6.45, 7) is 4.59. The molecule has 2 N–H and O–H groups in total. The van der Waals surface area contributed by atoms with E-state index < -0.39 is 0 Å². The molecule has 3 aromatic heterocycles. The summed E-state index contributed by atoms with van der Waals surface area (Å²) in [5.74, 6) is 1.77. The summed E-state index contributed by atoms with van der Waals surface area (Å²) in [6, 6.07) is 48.5. The Kier molecular flexibility index (Phi) is 5.96. The third kappa shape index (κ3) is 4.04. The van der Waals surface area contributed by atoms with Crippen molar-refractivity contribution in [1.29, 1.82) is 0 Å². The van der Waals surface area contributed by atoms with E-state index in [-0.39, 0.29) is 6.04 Å². The molecule has 52 heavy (non-hydrogen) atoms. The monoisotopic (exact) mass is 672 g/mol. The quantitative estimate of drug-likeness (QED) is 0.189. The van der Waals surface area contributed by atoms with Gasteiger partial charge in [0.25, 0.3) is 0 Å². The number of furan rings is 1. The fourth-order valence-corrected chi connectivity index (χ4v) is 8.31. The Morgan fingerprint density at radius 1 is 0.692 bits per heavy atom. The number of nitrogen functional groups attached to an aromatic ring is 1. The predicted molar refractivity (Wildman–Crippen MR) is 212 cm³/mol. The third-order valence-corrected chi connectivity index (χ3v) is 10.6. The molecule has 2 aliphatic rings. The number of rotatable bonds is 4. The van der Waals surface area contributed by atoms with Crippen molar-refractivity contribution in [3.05, 3.63) is 163 Å². The van der Waals surface area contributed by atoms with Gasteiger partial charge >= 0.3 is 0 Å². The number of para-hydroxylation sites is 8. The van der Waals surface area contributed by atoms with E-state index in [9.17, 15) is 0 Å². The fourth-order valence-electron chi connectivity index (χ4n) is 8.31. The van der Waals surface area contributed by atoms with Gasteiger partial charge in [-0.3, -0.25) is 13.9 Å². The predicted octanol–water partition coefficient (Wildman–Crippen LogP) is 8.89. The number of aromatic nitrogens is 3. The van der Waals surface area contributed by atoms with Gasteiger partial charge < -0.3 is 15.1 Å². The van der Waals surface area contributed by atoms with Gasteiger partial charge in [-0.1, -0.05) is 73.3 Å². The van der Waals surface area contributed by atoms with Crippen molar-refractivity contribution in [1.82, 2.24) is 14.0 Å². The lowest BCUT2D eigenvalue weighted by Gasteiger charge is -2.30. The Morgan fingerprint density at radius 3 is 2.29 bits per heavy atom. The fraction of sp³-hybridized carbons (Fsp3) is 0.0444. The zero-order valence-electron chi connectivity index (χ0n) is 28.1. The number of nitrogens with zero attached hydrogens (tertiary/aromatic N) is 5. The highest BCUT2D eigenvalue weighted by molar-refractivity contribution is 5.94. The Morgan fingerprint density at radius 2 is 1.42 bits per heavy atom. The first kappa shape index (κ1) is 28.8. The van der Waals surface area contributed by atoms with E-state index in [1.165, 1.54) is 0 Å². The maximum absolute atomic E-state index is 6.49. The molecule has 0 saturated heterocycles. The highest BCUT2D eigenvalue weighted by Gasteiger charge is 2.35.